The lowest BCUT2D eigenvalue weighted by atomic mass is 9.66. The highest BCUT2D eigenvalue weighted by atomic mass is 32.2. The highest BCUT2D eigenvalue weighted by Gasteiger charge is 2.80. The maximum absolute atomic E-state index is 13.7. The smallest absolute Gasteiger partial charge is 0.322 e. The van der Waals surface area contributed by atoms with E-state index in [9.17, 15) is 14.4 Å². The summed E-state index contributed by atoms with van der Waals surface area (Å²) in [6.45, 7) is 0. The van der Waals surface area contributed by atoms with Crippen LogP contribution in [0.4, 0.5) is 10.5 Å². The first kappa shape index (κ1) is 17.1. The number of carbonyl (C=O) groups is 3. The van der Waals surface area contributed by atoms with Gasteiger partial charge in [-0.05, 0) is 11.6 Å². The third-order valence-corrected chi connectivity index (χ3v) is 7.76. The van der Waals surface area contributed by atoms with E-state index >= 15 is 0 Å². The average Bonchev–Trinajstić information content (AvgIpc) is 3.42. The number of anilines is 1. The van der Waals surface area contributed by atoms with Gasteiger partial charge in [0.05, 0.1) is 0 Å². The zero-order valence-corrected chi connectivity index (χ0v) is 16.2. The van der Waals surface area contributed by atoms with Gasteiger partial charge in [-0.15, -0.1) is 11.8 Å². The van der Waals surface area contributed by atoms with Crippen LogP contribution >= 0.6 is 11.8 Å². The number of hydrogen-bond acceptors (Lipinski definition) is 5. The molecule has 2 spiro atoms. The molecule has 3 fully saturated rings. The molecule has 6 rings (SSSR count). The molecule has 0 saturated carbocycles. The maximum Gasteiger partial charge on any atom is 0.322 e. The van der Waals surface area contributed by atoms with Gasteiger partial charge in [0.2, 0.25) is 0 Å². The number of hydrogen-bond donors (Lipinski definition) is 3. The van der Waals surface area contributed by atoms with Gasteiger partial charge in [-0.2, -0.15) is 0 Å². The number of urea groups is 1. The first-order chi connectivity index (χ1) is 14.1. The molecule has 0 bridgehead atoms. The fraction of sp³-hybridized carbons (Fsp3) is 0.286. The summed E-state index contributed by atoms with van der Waals surface area (Å²) in [7, 11) is 0. The molecule has 3 N–H and O–H groups in total. The summed E-state index contributed by atoms with van der Waals surface area (Å²) in [6.07, 6.45) is 0. The zero-order valence-electron chi connectivity index (χ0n) is 15.3. The van der Waals surface area contributed by atoms with Crippen LogP contribution in [0.3, 0.4) is 0 Å². The van der Waals surface area contributed by atoms with Crippen molar-refractivity contribution in [2.45, 2.75) is 23.0 Å². The summed E-state index contributed by atoms with van der Waals surface area (Å²) in [5, 5.41) is 8.37. The third kappa shape index (κ3) is 1.82. The average molecular weight is 406 g/mol. The number of benzene rings is 2. The number of nitrogens with one attached hydrogen (secondary N) is 3. The lowest BCUT2D eigenvalue weighted by Crippen LogP contribution is -2.68. The number of imide groups is 1. The van der Waals surface area contributed by atoms with E-state index in [1.165, 1.54) is 0 Å². The van der Waals surface area contributed by atoms with Gasteiger partial charge in [-0.25, -0.2) is 4.79 Å². The summed E-state index contributed by atoms with van der Waals surface area (Å²) >= 11 is 1.75. The van der Waals surface area contributed by atoms with Crippen molar-refractivity contribution in [3.8, 4) is 0 Å². The lowest BCUT2D eigenvalue weighted by molar-refractivity contribution is -0.138. The number of carbonyl (C=O) groups excluding carboxylic acids is 3. The van der Waals surface area contributed by atoms with E-state index < -0.39 is 23.0 Å². The molecular weight excluding hydrogens is 388 g/mol. The molecule has 0 radical (unpaired) electrons. The molecule has 4 amide bonds. The molecule has 3 saturated heterocycles. The van der Waals surface area contributed by atoms with Crippen LogP contribution in [0.25, 0.3) is 0 Å². The topological polar surface area (TPSA) is 90.5 Å². The Kier molecular flexibility index (Phi) is 3.30. The Bertz CT molecular complexity index is 1080. The molecule has 4 aliphatic rings. The molecular formula is C21H18N4O3S. The molecule has 2 aromatic carbocycles. The van der Waals surface area contributed by atoms with Crippen molar-refractivity contribution in [3.05, 3.63) is 65.7 Å². The van der Waals surface area contributed by atoms with Crippen molar-refractivity contribution in [2.75, 3.05) is 16.9 Å². The van der Waals surface area contributed by atoms with Crippen LogP contribution in [0, 0.1) is 0 Å². The molecule has 2 aromatic rings. The monoisotopic (exact) mass is 406 g/mol. The predicted octanol–water partition coefficient (Wildman–Crippen LogP) is 1.58. The van der Waals surface area contributed by atoms with Crippen molar-refractivity contribution >= 4 is 35.3 Å². The first-order valence-corrected chi connectivity index (χ1v) is 10.7. The fourth-order valence-electron chi connectivity index (χ4n) is 5.81. The normalized spacial score (nSPS) is 35.0. The van der Waals surface area contributed by atoms with E-state index in [1.807, 2.05) is 54.6 Å². The Labute approximate surface area is 171 Å². The molecule has 4 atom stereocenters. The van der Waals surface area contributed by atoms with Gasteiger partial charge < -0.3 is 10.6 Å². The van der Waals surface area contributed by atoms with Gasteiger partial charge in [0.25, 0.3) is 11.8 Å². The molecule has 7 nitrogen and oxygen atoms in total. The van der Waals surface area contributed by atoms with Crippen LogP contribution in [0.1, 0.15) is 17.0 Å². The Balaban J connectivity index is 1.71. The number of rotatable bonds is 1. The standard InChI is InChI=1S/C21H18N4O3S/c26-17-20(24-19(28)23-17)16(12-6-2-1-3-7-12)15-10-29-11-25(15)21(20)13-8-4-5-9-14(13)22-18(21)27/h1-9,15-16H,10-11H2,(H,22,27)(H2,23,24,26,28)/t15-,16?,20-,21+/m0/s1. The highest BCUT2D eigenvalue weighted by Crippen LogP contribution is 2.63. The van der Waals surface area contributed by atoms with E-state index in [-0.39, 0.29) is 17.9 Å². The second-order valence-electron chi connectivity index (χ2n) is 7.85. The van der Waals surface area contributed by atoms with E-state index in [4.69, 9.17) is 0 Å². The zero-order chi connectivity index (χ0) is 19.8. The Hall–Kier alpha value is -2.84. The third-order valence-electron chi connectivity index (χ3n) is 6.72. The fourth-order valence-corrected chi connectivity index (χ4v) is 7.11. The molecule has 0 aliphatic carbocycles. The second kappa shape index (κ2) is 5.61. The molecule has 4 aliphatic heterocycles. The lowest BCUT2D eigenvalue weighted by Gasteiger charge is -2.42. The van der Waals surface area contributed by atoms with Crippen LogP contribution in [0.2, 0.25) is 0 Å². The minimum Gasteiger partial charge on any atom is -0.324 e. The van der Waals surface area contributed by atoms with Crippen molar-refractivity contribution < 1.29 is 14.4 Å². The van der Waals surface area contributed by atoms with Crippen LogP contribution in [-0.2, 0) is 15.1 Å². The van der Waals surface area contributed by atoms with Crippen molar-refractivity contribution in [1.82, 2.24) is 15.5 Å². The van der Waals surface area contributed by atoms with Gasteiger partial charge in [0, 0.05) is 34.8 Å². The number of amides is 4. The minimum absolute atomic E-state index is 0.0662. The Morgan fingerprint density at radius 1 is 0.931 bits per heavy atom. The Morgan fingerprint density at radius 2 is 1.69 bits per heavy atom. The SMILES string of the molecule is O=C1NC(=O)[C@@]2(N1)C(c1ccccc1)[C@@H]1CSCN1[C@]21C(=O)Nc2ccccc21. The number of fused-ring (bicyclic) bond motifs is 5. The quantitative estimate of drug-likeness (QED) is 0.626. The van der Waals surface area contributed by atoms with Crippen LogP contribution < -0.4 is 16.0 Å². The van der Waals surface area contributed by atoms with Crippen LogP contribution in [0.15, 0.2) is 54.6 Å². The number of thioether (sulfide) groups is 1. The Morgan fingerprint density at radius 3 is 2.45 bits per heavy atom. The predicted molar refractivity (Wildman–Crippen MR) is 108 cm³/mol. The maximum atomic E-state index is 13.7. The first-order valence-electron chi connectivity index (χ1n) is 9.54. The summed E-state index contributed by atoms with van der Waals surface area (Å²) in [5.74, 6) is 0.328. The van der Waals surface area contributed by atoms with E-state index in [1.54, 1.807) is 11.8 Å². The van der Waals surface area contributed by atoms with Crippen molar-refractivity contribution in [1.29, 1.82) is 0 Å². The van der Waals surface area contributed by atoms with Crippen LogP contribution in [-0.4, -0.2) is 46.0 Å². The summed E-state index contributed by atoms with van der Waals surface area (Å²) in [4.78, 5) is 41.8. The van der Waals surface area contributed by atoms with Gasteiger partial charge >= 0.3 is 6.03 Å². The highest BCUT2D eigenvalue weighted by molar-refractivity contribution is 7.99. The van der Waals surface area contributed by atoms with Crippen molar-refractivity contribution in [3.63, 3.8) is 0 Å². The van der Waals surface area contributed by atoms with Gasteiger partial charge in [-0.3, -0.25) is 19.8 Å². The molecule has 29 heavy (non-hydrogen) atoms. The van der Waals surface area contributed by atoms with E-state index in [2.05, 4.69) is 20.9 Å². The van der Waals surface area contributed by atoms with Crippen molar-refractivity contribution in [2.24, 2.45) is 0 Å². The molecule has 0 aromatic heterocycles. The van der Waals surface area contributed by atoms with Gasteiger partial charge in [-0.1, -0.05) is 48.5 Å². The molecule has 8 heteroatoms. The number of nitrogens with zero attached hydrogens (tertiary/aromatic N) is 1. The van der Waals surface area contributed by atoms with Gasteiger partial charge in [0.1, 0.15) is 0 Å². The van der Waals surface area contributed by atoms with E-state index in [0.29, 0.717) is 11.6 Å². The largest absolute Gasteiger partial charge is 0.324 e. The summed E-state index contributed by atoms with van der Waals surface area (Å²) < 4.78 is 0. The second-order valence-corrected chi connectivity index (χ2v) is 8.85. The molecule has 146 valence electrons. The van der Waals surface area contributed by atoms with Crippen LogP contribution in [0.5, 0.6) is 0 Å². The molecule has 4 heterocycles. The molecule has 1 unspecified atom stereocenters. The minimum atomic E-state index is -1.42. The number of para-hydroxylation sites is 1. The van der Waals surface area contributed by atoms with Gasteiger partial charge in [0.15, 0.2) is 11.1 Å². The summed E-state index contributed by atoms with van der Waals surface area (Å²) in [5.41, 5.74) is -0.345. The summed E-state index contributed by atoms with van der Waals surface area (Å²) in [6, 6.07) is 16.6. The van der Waals surface area contributed by atoms with E-state index in [0.717, 1.165) is 16.9 Å².